The molecule has 0 atom stereocenters. The Kier molecular flexibility index (Phi) is 7.21. The molecule has 0 spiro atoms. The largest absolute Gasteiger partial charge is 0.497 e. The van der Waals surface area contributed by atoms with Crippen LogP contribution >= 0.6 is 0 Å². The third-order valence-corrected chi connectivity index (χ3v) is 5.40. The second-order valence-corrected chi connectivity index (χ2v) is 7.99. The topological polar surface area (TPSA) is 85.3 Å². The Labute approximate surface area is 202 Å². The van der Waals surface area contributed by atoms with Gasteiger partial charge in [-0.15, -0.1) is 0 Å². The van der Waals surface area contributed by atoms with Crippen LogP contribution in [0.5, 0.6) is 5.75 Å². The van der Waals surface area contributed by atoms with Crippen molar-refractivity contribution in [3.63, 3.8) is 0 Å². The Hall–Kier alpha value is -4.46. The summed E-state index contributed by atoms with van der Waals surface area (Å²) in [5.41, 5.74) is 4.07. The number of carbonyl (C=O) groups excluding carboxylic acids is 2. The number of methoxy groups -OCH3 is 1. The van der Waals surface area contributed by atoms with Gasteiger partial charge in [-0.3, -0.25) is 9.59 Å². The summed E-state index contributed by atoms with van der Waals surface area (Å²) in [7, 11) is 1.59. The van der Waals surface area contributed by atoms with Crippen LogP contribution in [0.25, 0.3) is 16.9 Å². The molecule has 4 aromatic rings. The average molecular weight is 473 g/mol. The Balaban J connectivity index is 1.48. The molecular weight excluding hydrogens is 447 g/mol. The highest BCUT2D eigenvalue weighted by Gasteiger charge is 2.19. The maximum atomic E-state index is 13.4. The molecule has 7 nitrogen and oxygen atoms in total. The van der Waals surface area contributed by atoms with Gasteiger partial charge in [-0.2, -0.15) is 5.10 Å². The van der Waals surface area contributed by atoms with E-state index < -0.39 is 5.91 Å². The molecule has 0 saturated heterocycles. The molecule has 3 aromatic carbocycles. The smallest absolute Gasteiger partial charge is 0.255 e. The lowest BCUT2D eigenvalue weighted by molar-refractivity contribution is -0.120. The van der Waals surface area contributed by atoms with E-state index >= 15 is 0 Å². The molecule has 1 heterocycles. The van der Waals surface area contributed by atoms with Gasteiger partial charge in [0.1, 0.15) is 17.3 Å². The second-order valence-electron chi connectivity index (χ2n) is 7.99. The van der Waals surface area contributed by atoms with Crippen LogP contribution in [0.15, 0.2) is 79.0 Å². The van der Waals surface area contributed by atoms with Gasteiger partial charge < -0.3 is 15.4 Å². The van der Waals surface area contributed by atoms with E-state index in [1.807, 2.05) is 55.5 Å². The fourth-order valence-corrected chi connectivity index (χ4v) is 3.53. The molecule has 8 heteroatoms. The maximum Gasteiger partial charge on any atom is 0.255 e. The molecular formula is C27H25FN4O3. The third-order valence-electron chi connectivity index (χ3n) is 5.40. The summed E-state index contributed by atoms with van der Waals surface area (Å²) < 4.78 is 20.0. The Morgan fingerprint density at radius 1 is 1.00 bits per heavy atom. The number of nitrogens with one attached hydrogen (secondary N) is 2. The van der Waals surface area contributed by atoms with Crippen LogP contribution in [-0.4, -0.2) is 35.2 Å². The summed E-state index contributed by atoms with van der Waals surface area (Å²) in [5.74, 6) is -0.386. The minimum absolute atomic E-state index is 0.191. The highest BCUT2D eigenvalue weighted by Crippen LogP contribution is 2.25. The fraction of sp³-hybridized carbons (Fsp3) is 0.148. The van der Waals surface area contributed by atoms with Gasteiger partial charge in [0, 0.05) is 18.3 Å². The summed E-state index contributed by atoms with van der Waals surface area (Å²) >= 11 is 0. The van der Waals surface area contributed by atoms with E-state index in [2.05, 4.69) is 15.7 Å². The molecule has 4 rings (SSSR count). The number of rotatable bonds is 8. The highest BCUT2D eigenvalue weighted by atomic mass is 19.1. The lowest BCUT2D eigenvalue weighted by Crippen LogP contribution is -2.36. The number of benzene rings is 3. The van der Waals surface area contributed by atoms with Crippen molar-refractivity contribution in [2.24, 2.45) is 0 Å². The summed E-state index contributed by atoms with van der Waals surface area (Å²) in [5, 5.41) is 10.0. The van der Waals surface area contributed by atoms with Crippen LogP contribution < -0.4 is 15.4 Å². The summed E-state index contributed by atoms with van der Waals surface area (Å²) in [6.07, 6.45) is 1.58. The number of aromatic nitrogens is 2. The first-order chi connectivity index (χ1) is 16.9. The Morgan fingerprint density at radius 2 is 1.74 bits per heavy atom. The first-order valence-electron chi connectivity index (χ1n) is 11.0. The lowest BCUT2D eigenvalue weighted by atomic mass is 10.1. The number of aryl methyl sites for hydroxylation is 1. The van der Waals surface area contributed by atoms with Gasteiger partial charge in [0.25, 0.3) is 5.91 Å². The summed E-state index contributed by atoms with van der Waals surface area (Å²) in [4.78, 5) is 25.4. The van der Waals surface area contributed by atoms with E-state index in [0.29, 0.717) is 23.5 Å². The highest BCUT2D eigenvalue weighted by molar-refractivity contribution is 6.01. The van der Waals surface area contributed by atoms with E-state index in [1.54, 1.807) is 25.4 Å². The normalized spacial score (nSPS) is 10.6. The first-order valence-corrected chi connectivity index (χ1v) is 11.0. The van der Waals surface area contributed by atoms with E-state index in [-0.39, 0.29) is 18.3 Å². The molecule has 0 aliphatic rings. The van der Waals surface area contributed by atoms with Crippen molar-refractivity contribution in [2.45, 2.75) is 13.5 Å². The van der Waals surface area contributed by atoms with Gasteiger partial charge in [0.05, 0.1) is 24.9 Å². The van der Waals surface area contributed by atoms with Crippen molar-refractivity contribution in [1.29, 1.82) is 0 Å². The number of ether oxygens (including phenoxy) is 1. The number of amides is 2. The molecule has 178 valence electrons. The van der Waals surface area contributed by atoms with Crippen molar-refractivity contribution in [3.8, 4) is 22.7 Å². The molecule has 1 aromatic heterocycles. The minimum atomic E-state index is -0.436. The number of halogens is 1. The van der Waals surface area contributed by atoms with Gasteiger partial charge in [-0.1, -0.05) is 35.9 Å². The molecule has 0 aliphatic heterocycles. The molecule has 0 bridgehead atoms. The van der Waals surface area contributed by atoms with Crippen molar-refractivity contribution in [1.82, 2.24) is 20.4 Å². The number of hydrogen-bond donors (Lipinski definition) is 2. The third kappa shape index (κ3) is 5.92. The van der Waals surface area contributed by atoms with Crippen LogP contribution in [-0.2, 0) is 11.3 Å². The van der Waals surface area contributed by atoms with Gasteiger partial charge in [0.15, 0.2) is 0 Å². The first kappa shape index (κ1) is 23.7. The number of carbonyl (C=O) groups is 2. The van der Waals surface area contributed by atoms with E-state index in [1.165, 1.54) is 16.8 Å². The number of nitrogens with zero attached hydrogens (tertiary/aromatic N) is 2. The zero-order chi connectivity index (χ0) is 24.8. The van der Waals surface area contributed by atoms with Gasteiger partial charge in [-0.05, 0) is 55.0 Å². The van der Waals surface area contributed by atoms with Gasteiger partial charge in [-0.25, -0.2) is 9.07 Å². The van der Waals surface area contributed by atoms with Crippen LogP contribution in [0.2, 0.25) is 0 Å². The Morgan fingerprint density at radius 3 is 2.43 bits per heavy atom. The van der Waals surface area contributed by atoms with Crippen molar-refractivity contribution >= 4 is 11.8 Å². The SMILES string of the molecule is COc1ccc(CNC(=O)CNC(=O)c2cn(-c3ccc(F)cc3)nc2-c2cccc(C)c2)cc1. The van der Waals surface area contributed by atoms with E-state index in [0.717, 1.165) is 22.4 Å². The monoisotopic (exact) mass is 472 g/mol. The van der Waals surface area contributed by atoms with E-state index in [4.69, 9.17) is 4.74 Å². The molecule has 0 aliphatic carbocycles. The van der Waals surface area contributed by atoms with Crippen LogP contribution in [0.4, 0.5) is 4.39 Å². The molecule has 0 unspecified atom stereocenters. The van der Waals surface area contributed by atoms with Crippen LogP contribution in [0.1, 0.15) is 21.5 Å². The minimum Gasteiger partial charge on any atom is -0.497 e. The van der Waals surface area contributed by atoms with Crippen molar-refractivity contribution in [2.75, 3.05) is 13.7 Å². The van der Waals surface area contributed by atoms with Crippen LogP contribution in [0.3, 0.4) is 0 Å². The Bertz CT molecular complexity index is 1330. The molecule has 2 N–H and O–H groups in total. The molecule has 0 radical (unpaired) electrons. The van der Waals surface area contributed by atoms with Crippen molar-refractivity contribution < 1.29 is 18.7 Å². The standard InChI is InChI=1S/C27H25FN4O3/c1-18-4-3-5-20(14-18)26-24(17-32(31-26)22-10-8-21(28)9-11-22)27(34)30-16-25(33)29-15-19-6-12-23(35-2)13-7-19/h3-14,17H,15-16H2,1-2H3,(H,29,33)(H,30,34). The summed E-state index contributed by atoms with van der Waals surface area (Å²) in [6.45, 7) is 2.09. The molecule has 2 amide bonds. The van der Waals surface area contributed by atoms with Crippen molar-refractivity contribution in [3.05, 3.63) is 102 Å². The predicted molar refractivity (Wildman–Crippen MR) is 131 cm³/mol. The molecule has 0 fully saturated rings. The zero-order valence-corrected chi connectivity index (χ0v) is 19.4. The molecule has 0 saturated carbocycles. The maximum absolute atomic E-state index is 13.4. The quantitative estimate of drug-likeness (QED) is 0.405. The lowest BCUT2D eigenvalue weighted by Gasteiger charge is -2.08. The van der Waals surface area contributed by atoms with Crippen LogP contribution in [0, 0.1) is 12.7 Å². The zero-order valence-electron chi connectivity index (χ0n) is 19.4. The molecule has 35 heavy (non-hydrogen) atoms. The second kappa shape index (κ2) is 10.6. The average Bonchev–Trinajstić information content (AvgIpc) is 3.32. The van der Waals surface area contributed by atoms with Gasteiger partial charge >= 0.3 is 0 Å². The van der Waals surface area contributed by atoms with E-state index in [9.17, 15) is 14.0 Å². The number of hydrogen-bond acceptors (Lipinski definition) is 4. The predicted octanol–water partition coefficient (Wildman–Crippen LogP) is 4.04. The van der Waals surface area contributed by atoms with Gasteiger partial charge in [0.2, 0.25) is 5.91 Å². The fourth-order valence-electron chi connectivity index (χ4n) is 3.53. The summed E-state index contributed by atoms with van der Waals surface area (Å²) in [6, 6.07) is 20.8.